The van der Waals surface area contributed by atoms with Gasteiger partial charge in [-0.1, -0.05) is 45.6 Å². The van der Waals surface area contributed by atoms with Crippen LogP contribution in [0.15, 0.2) is 30.3 Å². The molecule has 0 bridgehead atoms. The number of hydrogen-bond donors (Lipinski definition) is 2. The Morgan fingerprint density at radius 3 is 2.46 bits per heavy atom. The zero-order chi connectivity index (χ0) is 29.8. The maximum absolute atomic E-state index is 12.1. The van der Waals surface area contributed by atoms with E-state index < -0.39 is 13.9 Å². The second kappa shape index (κ2) is 10.7. The molecular formula is C35H48O5Si. The van der Waals surface area contributed by atoms with Gasteiger partial charge in [0.1, 0.15) is 11.4 Å². The van der Waals surface area contributed by atoms with Crippen LogP contribution in [0.4, 0.5) is 0 Å². The van der Waals surface area contributed by atoms with Crippen molar-refractivity contribution in [3.05, 3.63) is 52.6 Å². The highest BCUT2D eigenvalue weighted by Crippen LogP contribution is 2.64. The summed E-state index contributed by atoms with van der Waals surface area (Å²) in [4.78, 5) is 0. The number of aliphatic hydroxyl groups is 1. The van der Waals surface area contributed by atoms with Gasteiger partial charge in [-0.15, -0.1) is 0 Å². The van der Waals surface area contributed by atoms with Crippen LogP contribution < -0.4 is 9.47 Å². The molecule has 0 saturated heterocycles. The van der Waals surface area contributed by atoms with Crippen molar-refractivity contribution >= 4 is 8.32 Å². The third-order valence-electron chi connectivity index (χ3n) is 11.2. The molecule has 2 saturated carbocycles. The van der Waals surface area contributed by atoms with Crippen LogP contribution in [-0.4, -0.2) is 38.4 Å². The summed E-state index contributed by atoms with van der Waals surface area (Å²) in [6, 6.07) is 10.3. The van der Waals surface area contributed by atoms with Crippen molar-refractivity contribution in [1.29, 1.82) is 0 Å². The third-order valence-corrected chi connectivity index (χ3v) is 15.7. The van der Waals surface area contributed by atoms with Gasteiger partial charge in [-0.3, -0.25) is 0 Å². The summed E-state index contributed by atoms with van der Waals surface area (Å²) in [6.45, 7) is 13.8. The molecule has 0 radical (unpaired) electrons. The number of phenols is 1. The van der Waals surface area contributed by atoms with Crippen molar-refractivity contribution in [3.8, 4) is 29.1 Å². The van der Waals surface area contributed by atoms with E-state index in [1.807, 2.05) is 12.1 Å². The fourth-order valence-electron chi connectivity index (χ4n) is 7.56. The zero-order valence-corrected chi connectivity index (χ0v) is 27.2. The number of benzene rings is 2. The molecule has 5 rings (SSSR count). The molecule has 2 aromatic carbocycles. The van der Waals surface area contributed by atoms with Gasteiger partial charge in [-0.25, -0.2) is 0 Å². The topological polar surface area (TPSA) is 68.2 Å². The fraction of sp³-hybridized carbons (Fsp3) is 0.600. The van der Waals surface area contributed by atoms with Crippen LogP contribution in [0.3, 0.4) is 0 Å². The Morgan fingerprint density at radius 1 is 1.02 bits per heavy atom. The Morgan fingerprint density at radius 2 is 1.78 bits per heavy atom. The van der Waals surface area contributed by atoms with Crippen LogP contribution >= 0.6 is 0 Å². The molecule has 2 fully saturated rings. The van der Waals surface area contributed by atoms with Crippen molar-refractivity contribution in [2.45, 2.75) is 102 Å². The van der Waals surface area contributed by atoms with E-state index in [9.17, 15) is 10.2 Å². The number of phenolic OH excluding ortho intramolecular Hbond substituents is 1. The van der Waals surface area contributed by atoms with Gasteiger partial charge in [0.15, 0.2) is 19.8 Å². The van der Waals surface area contributed by atoms with Gasteiger partial charge < -0.3 is 24.1 Å². The average molecular weight is 577 g/mol. The summed E-state index contributed by atoms with van der Waals surface area (Å²) in [6.07, 6.45) is 5.83. The number of methoxy groups -OCH3 is 2. The van der Waals surface area contributed by atoms with Crippen LogP contribution in [0.25, 0.3) is 0 Å². The van der Waals surface area contributed by atoms with E-state index in [1.54, 1.807) is 14.2 Å². The quantitative estimate of drug-likeness (QED) is 0.284. The first-order valence-electron chi connectivity index (χ1n) is 15.2. The van der Waals surface area contributed by atoms with E-state index in [1.165, 1.54) is 11.1 Å². The van der Waals surface area contributed by atoms with Crippen LogP contribution in [0.1, 0.15) is 88.0 Å². The van der Waals surface area contributed by atoms with Gasteiger partial charge in [-0.05, 0) is 115 Å². The summed E-state index contributed by atoms with van der Waals surface area (Å²) in [5.41, 5.74) is 2.90. The number of ether oxygens (including phenoxy) is 2. The predicted molar refractivity (Wildman–Crippen MR) is 166 cm³/mol. The number of hydrogen-bond acceptors (Lipinski definition) is 5. The van der Waals surface area contributed by atoms with Crippen molar-refractivity contribution in [1.82, 2.24) is 0 Å². The molecule has 0 aliphatic heterocycles. The maximum Gasteiger partial charge on any atom is 0.192 e. The zero-order valence-electron chi connectivity index (χ0n) is 26.2. The summed E-state index contributed by atoms with van der Waals surface area (Å²) < 4.78 is 17.4. The van der Waals surface area contributed by atoms with Gasteiger partial charge in [-0.2, -0.15) is 0 Å². The standard InChI is InChI=1S/C35H48O5Si/c1-33(2,3)41(7,8)40-22-23-19-25(32(36)31(20-23)39-6)13-17-35(37)18-15-30-29-11-9-24-21-26(38-5)10-12-27(24)28(29)14-16-34(30,35)4/h10,12,19-21,28-30,36-37H,9,11,14-16,18,22H2,1-8H3/t28-,29-,30+,34+,35?/m1/s1. The number of aryl methyl sites for hydroxylation is 1. The Balaban J connectivity index is 1.40. The molecule has 5 atom stereocenters. The predicted octanol–water partition coefficient (Wildman–Crippen LogP) is 7.57. The monoisotopic (exact) mass is 576 g/mol. The largest absolute Gasteiger partial charge is 0.503 e. The van der Waals surface area contributed by atoms with E-state index in [0.29, 0.717) is 42.1 Å². The summed E-state index contributed by atoms with van der Waals surface area (Å²) in [5, 5.41) is 23.2. The molecular weight excluding hydrogens is 528 g/mol. The number of aromatic hydroxyl groups is 1. The van der Waals surface area contributed by atoms with Gasteiger partial charge in [0.2, 0.25) is 0 Å². The lowest BCUT2D eigenvalue weighted by Gasteiger charge is -2.52. The van der Waals surface area contributed by atoms with Crippen LogP contribution in [-0.2, 0) is 17.5 Å². The van der Waals surface area contributed by atoms with E-state index in [0.717, 1.165) is 43.4 Å². The minimum absolute atomic E-state index is 0.0161. The van der Waals surface area contributed by atoms with Crippen molar-refractivity contribution < 1.29 is 24.1 Å². The molecule has 5 nitrogen and oxygen atoms in total. The van der Waals surface area contributed by atoms with E-state index >= 15 is 0 Å². The van der Waals surface area contributed by atoms with Crippen molar-refractivity contribution in [2.75, 3.05) is 14.2 Å². The molecule has 2 aromatic rings. The van der Waals surface area contributed by atoms with Gasteiger partial charge >= 0.3 is 0 Å². The molecule has 2 N–H and O–H groups in total. The van der Waals surface area contributed by atoms with E-state index in [4.69, 9.17) is 13.9 Å². The molecule has 3 aliphatic rings. The summed E-state index contributed by atoms with van der Waals surface area (Å²) in [5.74, 6) is 9.34. The SMILES string of the molecule is COc1ccc2c(c1)CC[C@@H]1[C@@H]2CC[C@@]2(C)[C@H]1CCC2(O)C#Cc1cc(CO[Si](C)(C)C(C)(C)C)cc(OC)c1O. The van der Waals surface area contributed by atoms with E-state index in [2.05, 4.69) is 70.8 Å². The smallest absolute Gasteiger partial charge is 0.192 e. The Labute approximate surface area is 247 Å². The molecule has 0 aromatic heterocycles. The lowest BCUT2D eigenvalue weighted by atomic mass is 9.53. The highest BCUT2D eigenvalue weighted by atomic mass is 28.4. The number of rotatable bonds is 5. The molecule has 0 amide bonds. The Bertz CT molecular complexity index is 1370. The highest BCUT2D eigenvalue weighted by Gasteiger charge is 2.61. The number of fused-ring (bicyclic) bond motifs is 5. The molecule has 0 heterocycles. The summed E-state index contributed by atoms with van der Waals surface area (Å²) in [7, 11) is 1.33. The first-order chi connectivity index (χ1) is 19.2. The van der Waals surface area contributed by atoms with Crippen LogP contribution in [0.2, 0.25) is 18.1 Å². The van der Waals surface area contributed by atoms with Gasteiger partial charge in [0.05, 0.1) is 26.4 Å². The lowest BCUT2D eigenvalue weighted by Crippen LogP contribution is -2.50. The third kappa shape index (κ3) is 5.19. The first-order valence-corrected chi connectivity index (χ1v) is 18.1. The lowest BCUT2D eigenvalue weighted by molar-refractivity contribution is -0.0647. The van der Waals surface area contributed by atoms with Crippen LogP contribution in [0, 0.1) is 29.1 Å². The molecule has 3 aliphatic carbocycles. The van der Waals surface area contributed by atoms with E-state index in [-0.39, 0.29) is 16.2 Å². The summed E-state index contributed by atoms with van der Waals surface area (Å²) >= 11 is 0. The normalized spacial score (nSPS) is 29.0. The van der Waals surface area contributed by atoms with Crippen molar-refractivity contribution in [3.63, 3.8) is 0 Å². The molecule has 1 unspecified atom stereocenters. The Kier molecular flexibility index (Phi) is 7.81. The fourth-order valence-corrected chi connectivity index (χ4v) is 8.52. The van der Waals surface area contributed by atoms with Crippen LogP contribution in [0.5, 0.6) is 17.2 Å². The van der Waals surface area contributed by atoms with Gasteiger partial charge in [0.25, 0.3) is 0 Å². The van der Waals surface area contributed by atoms with Crippen molar-refractivity contribution in [2.24, 2.45) is 17.3 Å². The maximum atomic E-state index is 12.1. The second-order valence-corrected chi connectivity index (χ2v) is 19.1. The van der Waals surface area contributed by atoms with Gasteiger partial charge in [0, 0.05) is 5.41 Å². The molecule has 6 heteroatoms. The minimum atomic E-state index is -1.95. The second-order valence-electron chi connectivity index (χ2n) is 14.3. The highest BCUT2D eigenvalue weighted by molar-refractivity contribution is 6.74. The average Bonchev–Trinajstić information content (AvgIpc) is 3.21. The molecule has 41 heavy (non-hydrogen) atoms. The first kappa shape index (κ1) is 30.0. The molecule has 222 valence electrons. The molecule has 0 spiro atoms. The Hall–Kier alpha value is -2.46. The minimum Gasteiger partial charge on any atom is -0.503 e.